The van der Waals surface area contributed by atoms with Crippen molar-refractivity contribution in [2.24, 2.45) is 11.8 Å². The van der Waals surface area contributed by atoms with Gasteiger partial charge >= 0.3 is 0 Å². The van der Waals surface area contributed by atoms with E-state index in [0.717, 1.165) is 38.4 Å². The van der Waals surface area contributed by atoms with Crippen LogP contribution in [0.15, 0.2) is 6.07 Å². The molecule has 1 aromatic heterocycles. The molecule has 3 nitrogen and oxygen atoms in total. The van der Waals surface area contributed by atoms with E-state index in [1.54, 1.807) is 0 Å². The van der Waals surface area contributed by atoms with E-state index in [4.69, 9.17) is 0 Å². The summed E-state index contributed by atoms with van der Waals surface area (Å²) in [5.41, 5.74) is 2.60. The number of rotatable bonds is 8. The van der Waals surface area contributed by atoms with Gasteiger partial charge in [-0.3, -0.25) is 4.68 Å². The molecular formula is C15H29N3. The van der Waals surface area contributed by atoms with Gasteiger partial charge in [-0.15, -0.1) is 0 Å². The van der Waals surface area contributed by atoms with Crippen LogP contribution in [0.25, 0.3) is 0 Å². The predicted molar refractivity (Wildman–Crippen MR) is 77.9 cm³/mol. The molecule has 0 saturated heterocycles. The van der Waals surface area contributed by atoms with Gasteiger partial charge in [0.25, 0.3) is 0 Å². The first-order chi connectivity index (χ1) is 8.56. The smallest absolute Gasteiger partial charge is 0.0624 e. The van der Waals surface area contributed by atoms with Crippen LogP contribution in [0.5, 0.6) is 0 Å². The van der Waals surface area contributed by atoms with Gasteiger partial charge in [0.1, 0.15) is 0 Å². The van der Waals surface area contributed by atoms with Gasteiger partial charge in [0.15, 0.2) is 0 Å². The van der Waals surface area contributed by atoms with Gasteiger partial charge in [-0.1, -0.05) is 27.7 Å². The van der Waals surface area contributed by atoms with Crippen molar-refractivity contribution in [2.75, 3.05) is 13.1 Å². The summed E-state index contributed by atoms with van der Waals surface area (Å²) in [6, 6.07) is 2.27. The summed E-state index contributed by atoms with van der Waals surface area (Å²) in [5.74, 6) is 1.39. The summed E-state index contributed by atoms with van der Waals surface area (Å²) in [7, 11) is 0. The Kier molecular flexibility index (Phi) is 6.41. The van der Waals surface area contributed by atoms with Crippen LogP contribution in [0.4, 0.5) is 0 Å². The Balaban J connectivity index is 2.47. The minimum absolute atomic E-state index is 0.662. The van der Waals surface area contributed by atoms with Crippen LogP contribution in [0.3, 0.4) is 0 Å². The Morgan fingerprint density at radius 3 is 2.50 bits per heavy atom. The van der Waals surface area contributed by atoms with Gasteiger partial charge in [0, 0.05) is 12.2 Å². The molecule has 0 aliphatic carbocycles. The number of aryl methyl sites for hydroxylation is 2. The molecule has 0 saturated carbocycles. The second-order valence-corrected chi connectivity index (χ2v) is 5.66. The van der Waals surface area contributed by atoms with Gasteiger partial charge in [0.05, 0.1) is 5.69 Å². The molecule has 0 aliphatic rings. The molecule has 0 aromatic carbocycles. The third-order valence-corrected chi connectivity index (χ3v) is 3.18. The van der Waals surface area contributed by atoms with Crippen molar-refractivity contribution in [3.8, 4) is 0 Å². The lowest BCUT2D eigenvalue weighted by Gasteiger charge is -2.14. The highest BCUT2D eigenvalue weighted by atomic mass is 15.3. The molecule has 0 aliphatic heterocycles. The monoisotopic (exact) mass is 251 g/mol. The number of aromatic nitrogens is 2. The largest absolute Gasteiger partial charge is 0.316 e. The molecule has 0 amide bonds. The summed E-state index contributed by atoms with van der Waals surface area (Å²) < 4.78 is 2.15. The minimum Gasteiger partial charge on any atom is -0.316 e. The van der Waals surface area contributed by atoms with E-state index in [1.165, 1.54) is 11.4 Å². The van der Waals surface area contributed by atoms with Gasteiger partial charge in [-0.05, 0) is 50.8 Å². The molecule has 1 heterocycles. The zero-order chi connectivity index (χ0) is 13.5. The van der Waals surface area contributed by atoms with Crippen LogP contribution in [-0.4, -0.2) is 22.9 Å². The third-order valence-electron chi connectivity index (χ3n) is 3.18. The Labute approximate surface area is 112 Å². The molecule has 3 heteroatoms. The first kappa shape index (κ1) is 15.2. The molecule has 0 radical (unpaired) electrons. The summed E-state index contributed by atoms with van der Waals surface area (Å²) in [5, 5.41) is 8.14. The van der Waals surface area contributed by atoms with Gasteiger partial charge in [-0.25, -0.2) is 0 Å². The highest BCUT2D eigenvalue weighted by molar-refractivity contribution is 5.11. The van der Waals surface area contributed by atoms with Crippen LogP contribution < -0.4 is 5.32 Å². The molecule has 1 unspecified atom stereocenters. The molecule has 18 heavy (non-hydrogen) atoms. The van der Waals surface area contributed by atoms with E-state index < -0.39 is 0 Å². The summed E-state index contributed by atoms with van der Waals surface area (Å²) >= 11 is 0. The summed E-state index contributed by atoms with van der Waals surface area (Å²) in [6.07, 6.45) is 2.14. The standard InChI is InChI=1S/C15H29N3/c1-6-14-9-15(18(7-2)17-14)8-13(5)11-16-10-12(3)4/h9,12-13,16H,6-8,10-11H2,1-5H3. The molecule has 1 N–H and O–H groups in total. The van der Waals surface area contributed by atoms with E-state index in [1.807, 2.05) is 0 Å². The molecule has 104 valence electrons. The maximum absolute atomic E-state index is 4.61. The van der Waals surface area contributed by atoms with E-state index >= 15 is 0 Å². The van der Waals surface area contributed by atoms with Crippen molar-refractivity contribution < 1.29 is 0 Å². The van der Waals surface area contributed by atoms with E-state index in [2.05, 4.69) is 55.8 Å². The second-order valence-electron chi connectivity index (χ2n) is 5.66. The zero-order valence-corrected chi connectivity index (χ0v) is 12.7. The Morgan fingerprint density at radius 1 is 1.22 bits per heavy atom. The van der Waals surface area contributed by atoms with Crippen LogP contribution >= 0.6 is 0 Å². The first-order valence-corrected chi connectivity index (χ1v) is 7.33. The number of nitrogens with one attached hydrogen (secondary N) is 1. The van der Waals surface area contributed by atoms with Gasteiger partial charge in [0.2, 0.25) is 0 Å². The second kappa shape index (κ2) is 7.57. The van der Waals surface area contributed by atoms with E-state index in [-0.39, 0.29) is 0 Å². The zero-order valence-electron chi connectivity index (χ0n) is 12.7. The highest BCUT2D eigenvalue weighted by Crippen LogP contribution is 2.11. The lowest BCUT2D eigenvalue weighted by Crippen LogP contribution is -2.26. The molecule has 0 spiro atoms. The quantitative estimate of drug-likeness (QED) is 0.770. The fraction of sp³-hybridized carbons (Fsp3) is 0.800. The van der Waals surface area contributed by atoms with Crippen molar-refractivity contribution in [3.05, 3.63) is 17.5 Å². The van der Waals surface area contributed by atoms with Crippen LogP contribution in [0.2, 0.25) is 0 Å². The van der Waals surface area contributed by atoms with Gasteiger partial charge in [-0.2, -0.15) is 5.10 Å². The van der Waals surface area contributed by atoms with Crippen molar-refractivity contribution in [3.63, 3.8) is 0 Å². The lowest BCUT2D eigenvalue weighted by molar-refractivity contribution is 0.460. The van der Waals surface area contributed by atoms with Crippen molar-refractivity contribution in [1.82, 2.24) is 15.1 Å². The molecule has 0 bridgehead atoms. The minimum atomic E-state index is 0.662. The summed E-state index contributed by atoms with van der Waals surface area (Å²) in [4.78, 5) is 0. The number of hydrogen-bond donors (Lipinski definition) is 1. The fourth-order valence-electron chi connectivity index (χ4n) is 2.17. The number of hydrogen-bond acceptors (Lipinski definition) is 2. The average molecular weight is 251 g/mol. The lowest BCUT2D eigenvalue weighted by atomic mass is 10.0. The van der Waals surface area contributed by atoms with Gasteiger partial charge < -0.3 is 5.32 Å². The van der Waals surface area contributed by atoms with Crippen molar-refractivity contribution >= 4 is 0 Å². The topological polar surface area (TPSA) is 29.9 Å². The molecule has 1 rings (SSSR count). The SMILES string of the molecule is CCc1cc(CC(C)CNCC(C)C)n(CC)n1. The van der Waals surface area contributed by atoms with Crippen LogP contribution in [0.1, 0.15) is 46.0 Å². The number of nitrogens with zero attached hydrogens (tertiary/aromatic N) is 2. The Morgan fingerprint density at radius 2 is 1.94 bits per heavy atom. The molecule has 1 atom stereocenters. The normalized spacial score (nSPS) is 13.2. The Bertz CT molecular complexity index is 342. The van der Waals surface area contributed by atoms with Crippen molar-refractivity contribution in [1.29, 1.82) is 0 Å². The maximum atomic E-state index is 4.61. The Hall–Kier alpha value is -0.830. The average Bonchev–Trinajstić information content (AvgIpc) is 2.70. The van der Waals surface area contributed by atoms with Crippen molar-refractivity contribution in [2.45, 2.75) is 54.0 Å². The highest BCUT2D eigenvalue weighted by Gasteiger charge is 2.10. The molecular weight excluding hydrogens is 222 g/mol. The van der Waals surface area contributed by atoms with Crippen LogP contribution in [0, 0.1) is 11.8 Å². The van der Waals surface area contributed by atoms with Crippen LogP contribution in [-0.2, 0) is 19.4 Å². The van der Waals surface area contributed by atoms with E-state index in [9.17, 15) is 0 Å². The fourth-order valence-corrected chi connectivity index (χ4v) is 2.17. The first-order valence-electron chi connectivity index (χ1n) is 7.33. The third kappa shape index (κ3) is 4.81. The molecule has 1 aromatic rings. The molecule has 0 fully saturated rings. The summed E-state index contributed by atoms with van der Waals surface area (Å²) in [6.45, 7) is 14.3. The van der Waals surface area contributed by atoms with E-state index in [0.29, 0.717) is 5.92 Å². The maximum Gasteiger partial charge on any atom is 0.0624 e. The predicted octanol–water partition coefficient (Wildman–Crippen LogP) is 2.89.